The molecule has 1 aliphatic heterocycles. The largest absolute Gasteiger partial charge is 0.505 e. The standard InChI is InChI=1S/C11H13F2NO2/c1-16-8-5-7(15)10(12)9(11(8)13)6-3-2-4-14-6/h5-6,14-15H,2-4H2,1H3. The Morgan fingerprint density at radius 3 is 2.75 bits per heavy atom. The van der Waals surface area contributed by atoms with Gasteiger partial charge in [0.25, 0.3) is 0 Å². The number of hydrogen-bond donors (Lipinski definition) is 2. The molecule has 1 heterocycles. The van der Waals surface area contributed by atoms with Crippen molar-refractivity contribution < 1.29 is 18.6 Å². The van der Waals surface area contributed by atoms with Gasteiger partial charge in [-0.15, -0.1) is 0 Å². The van der Waals surface area contributed by atoms with Gasteiger partial charge in [0.2, 0.25) is 0 Å². The van der Waals surface area contributed by atoms with Gasteiger partial charge in [0.15, 0.2) is 23.1 Å². The molecule has 1 aromatic carbocycles. The number of phenolic OH excluding ortho intramolecular Hbond substituents is 1. The van der Waals surface area contributed by atoms with E-state index in [2.05, 4.69) is 5.32 Å². The fourth-order valence-electron chi connectivity index (χ4n) is 2.00. The van der Waals surface area contributed by atoms with E-state index >= 15 is 0 Å². The van der Waals surface area contributed by atoms with Crippen molar-refractivity contribution in [2.75, 3.05) is 13.7 Å². The smallest absolute Gasteiger partial charge is 0.173 e. The van der Waals surface area contributed by atoms with Crippen LogP contribution in [0.1, 0.15) is 24.4 Å². The van der Waals surface area contributed by atoms with Crippen molar-refractivity contribution in [2.45, 2.75) is 18.9 Å². The summed E-state index contributed by atoms with van der Waals surface area (Å²) in [6, 6.07) is 0.560. The summed E-state index contributed by atoms with van der Waals surface area (Å²) in [7, 11) is 1.28. The first-order valence-electron chi connectivity index (χ1n) is 5.13. The summed E-state index contributed by atoms with van der Waals surface area (Å²) < 4.78 is 32.2. The van der Waals surface area contributed by atoms with E-state index in [0.717, 1.165) is 19.0 Å². The molecular formula is C11H13F2NO2. The molecule has 3 nitrogen and oxygen atoms in total. The first-order chi connectivity index (χ1) is 7.65. The van der Waals surface area contributed by atoms with Crippen LogP contribution in [0.4, 0.5) is 8.78 Å². The quantitative estimate of drug-likeness (QED) is 0.816. The molecule has 5 heteroatoms. The lowest BCUT2D eigenvalue weighted by atomic mass is 10.0. The zero-order valence-corrected chi connectivity index (χ0v) is 8.89. The lowest BCUT2D eigenvalue weighted by Gasteiger charge is -2.15. The van der Waals surface area contributed by atoms with Gasteiger partial charge in [-0.05, 0) is 19.4 Å². The minimum Gasteiger partial charge on any atom is -0.505 e. The van der Waals surface area contributed by atoms with E-state index in [4.69, 9.17) is 4.74 Å². The van der Waals surface area contributed by atoms with E-state index in [1.807, 2.05) is 0 Å². The number of ether oxygens (including phenoxy) is 1. The van der Waals surface area contributed by atoms with Crippen molar-refractivity contribution in [1.29, 1.82) is 0 Å². The highest BCUT2D eigenvalue weighted by molar-refractivity contribution is 5.42. The Hall–Kier alpha value is -1.36. The minimum atomic E-state index is -0.905. The van der Waals surface area contributed by atoms with Crippen molar-refractivity contribution in [3.63, 3.8) is 0 Å². The lowest BCUT2D eigenvalue weighted by molar-refractivity contribution is 0.360. The highest BCUT2D eigenvalue weighted by atomic mass is 19.1. The first kappa shape index (κ1) is 11.1. The molecule has 1 unspecified atom stereocenters. The number of benzene rings is 1. The molecule has 1 fully saturated rings. The van der Waals surface area contributed by atoms with Crippen LogP contribution in [0.2, 0.25) is 0 Å². The minimum absolute atomic E-state index is 0.130. The van der Waals surface area contributed by atoms with Crippen molar-refractivity contribution in [2.24, 2.45) is 0 Å². The van der Waals surface area contributed by atoms with Gasteiger partial charge in [0.1, 0.15) is 0 Å². The van der Waals surface area contributed by atoms with Gasteiger partial charge in [0.05, 0.1) is 7.11 Å². The third kappa shape index (κ3) is 1.71. The molecule has 1 aliphatic rings. The molecule has 0 amide bonds. The summed E-state index contributed by atoms with van der Waals surface area (Å²) >= 11 is 0. The zero-order valence-electron chi connectivity index (χ0n) is 8.89. The molecule has 0 radical (unpaired) electrons. The molecule has 2 N–H and O–H groups in total. The number of halogens is 2. The van der Waals surface area contributed by atoms with Gasteiger partial charge in [-0.1, -0.05) is 0 Å². The average Bonchev–Trinajstić information content (AvgIpc) is 2.77. The highest BCUT2D eigenvalue weighted by Crippen LogP contribution is 2.36. The Kier molecular flexibility index (Phi) is 2.96. The van der Waals surface area contributed by atoms with Crippen LogP contribution in [0, 0.1) is 11.6 Å². The maximum Gasteiger partial charge on any atom is 0.173 e. The Bertz CT molecular complexity index is 403. The monoisotopic (exact) mass is 229 g/mol. The summed E-state index contributed by atoms with van der Waals surface area (Å²) in [5.74, 6) is -2.36. The van der Waals surface area contributed by atoms with Crippen LogP contribution in [0.5, 0.6) is 11.5 Å². The molecule has 0 aliphatic carbocycles. The summed E-state index contributed by atoms with van der Waals surface area (Å²) in [5, 5.41) is 12.3. The maximum absolute atomic E-state index is 13.8. The molecule has 1 saturated heterocycles. The van der Waals surface area contributed by atoms with Crippen LogP contribution >= 0.6 is 0 Å². The van der Waals surface area contributed by atoms with Crippen LogP contribution in [0.3, 0.4) is 0 Å². The summed E-state index contributed by atoms with van der Waals surface area (Å²) in [5.41, 5.74) is -0.130. The Morgan fingerprint density at radius 1 is 1.44 bits per heavy atom. The molecule has 0 spiro atoms. The SMILES string of the molecule is COc1cc(O)c(F)c(C2CCCN2)c1F. The van der Waals surface area contributed by atoms with E-state index in [0.29, 0.717) is 6.42 Å². The van der Waals surface area contributed by atoms with Gasteiger partial charge in [0, 0.05) is 17.7 Å². The summed E-state index contributed by atoms with van der Waals surface area (Å²) in [6.07, 6.45) is 1.52. The molecular weight excluding hydrogens is 216 g/mol. The predicted molar refractivity (Wildman–Crippen MR) is 54.6 cm³/mol. The second-order valence-corrected chi connectivity index (χ2v) is 3.79. The van der Waals surface area contributed by atoms with Gasteiger partial charge in [-0.25, -0.2) is 8.78 Å². The van der Waals surface area contributed by atoms with Crippen LogP contribution in [0.25, 0.3) is 0 Å². The number of methoxy groups -OCH3 is 1. The number of rotatable bonds is 2. The molecule has 0 bridgehead atoms. The maximum atomic E-state index is 13.8. The fraction of sp³-hybridized carbons (Fsp3) is 0.455. The molecule has 88 valence electrons. The van der Waals surface area contributed by atoms with Crippen molar-refractivity contribution in [1.82, 2.24) is 5.32 Å². The second kappa shape index (κ2) is 4.25. The molecule has 0 saturated carbocycles. The van der Waals surface area contributed by atoms with Crippen LogP contribution in [-0.4, -0.2) is 18.8 Å². The van der Waals surface area contributed by atoms with Gasteiger partial charge >= 0.3 is 0 Å². The third-order valence-electron chi connectivity index (χ3n) is 2.81. The van der Waals surface area contributed by atoms with Crippen molar-refractivity contribution in [3.8, 4) is 11.5 Å². The van der Waals surface area contributed by atoms with Crippen molar-refractivity contribution in [3.05, 3.63) is 23.3 Å². The van der Waals surface area contributed by atoms with Crippen molar-refractivity contribution >= 4 is 0 Å². The molecule has 16 heavy (non-hydrogen) atoms. The topological polar surface area (TPSA) is 41.5 Å². The predicted octanol–water partition coefficient (Wildman–Crippen LogP) is 2.10. The van der Waals surface area contributed by atoms with Crippen LogP contribution < -0.4 is 10.1 Å². The molecule has 1 aromatic rings. The summed E-state index contributed by atoms with van der Waals surface area (Å²) in [4.78, 5) is 0. The third-order valence-corrected chi connectivity index (χ3v) is 2.81. The van der Waals surface area contributed by atoms with E-state index in [9.17, 15) is 13.9 Å². The molecule has 1 atom stereocenters. The number of nitrogens with one attached hydrogen (secondary N) is 1. The fourth-order valence-corrected chi connectivity index (χ4v) is 2.00. The van der Waals surface area contributed by atoms with Crippen LogP contribution in [-0.2, 0) is 0 Å². The Morgan fingerprint density at radius 2 is 2.19 bits per heavy atom. The van der Waals surface area contributed by atoms with E-state index in [1.54, 1.807) is 0 Å². The van der Waals surface area contributed by atoms with Gasteiger partial charge < -0.3 is 15.2 Å². The van der Waals surface area contributed by atoms with Crippen LogP contribution in [0.15, 0.2) is 6.07 Å². The van der Waals surface area contributed by atoms with Gasteiger partial charge in [-0.3, -0.25) is 0 Å². The zero-order chi connectivity index (χ0) is 11.7. The first-order valence-corrected chi connectivity index (χ1v) is 5.13. The Labute approximate surface area is 92.0 Å². The normalized spacial score (nSPS) is 20.1. The summed E-state index contributed by atoms with van der Waals surface area (Å²) in [6.45, 7) is 0.724. The number of hydrogen-bond acceptors (Lipinski definition) is 3. The van der Waals surface area contributed by atoms with E-state index < -0.39 is 17.4 Å². The highest BCUT2D eigenvalue weighted by Gasteiger charge is 2.27. The second-order valence-electron chi connectivity index (χ2n) is 3.79. The van der Waals surface area contributed by atoms with E-state index in [1.165, 1.54) is 7.11 Å². The van der Waals surface area contributed by atoms with Gasteiger partial charge in [-0.2, -0.15) is 0 Å². The molecule has 0 aromatic heterocycles. The Balaban J connectivity index is 2.52. The molecule has 2 rings (SSSR count). The average molecular weight is 229 g/mol. The number of phenols is 1. The lowest BCUT2D eigenvalue weighted by Crippen LogP contribution is -2.16. The van der Waals surface area contributed by atoms with E-state index in [-0.39, 0.29) is 17.4 Å². The number of aromatic hydroxyl groups is 1.